The Morgan fingerprint density at radius 1 is 1.28 bits per heavy atom. The zero-order chi connectivity index (χ0) is 21.2. The largest absolute Gasteiger partial charge is 0.382 e. The van der Waals surface area contributed by atoms with Crippen LogP contribution in [0.3, 0.4) is 0 Å². The monoisotopic (exact) mass is 468 g/mol. The van der Waals surface area contributed by atoms with Crippen LogP contribution in [-0.4, -0.2) is 30.0 Å². The molecule has 0 saturated heterocycles. The van der Waals surface area contributed by atoms with E-state index >= 15 is 0 Å². The van der Waals surface area contributed by atoms with Crippen molar-refractivity contribution in [2.24, 2.45) is 0 Å². The molecule has 0 atom stereocenters. The summed E-state index contributed by atoms with van der Waals surface area (Å²) in [5, 5.41) is 3.05. The van der Waals surface area contributed by atoms with E-state index in [1.165, 1.54) is 12.1 Å². The summed E-state index contributed by atoms with van der Waals surface area (Å²) in [6.07, 6.45) is 1.15. The van der Waals surface area contributed by atoms with Gasteiger partial charge in [0.25, 0.3) is 0 Å². The summed E-state index contributed by atoms with van der Waals surface area (Å²) in [7, 11) is -3.85. The number of anilines is 2. The van der Waals surface area contributed by atoms with Crippen LogP contribution >= 0.6 is 34.7 Å². The second kappa shape index (κ2) is 8.70. The van der Waals surface area contributed by atoms with E-state index in [1.807, 2.05) is 32.0 Å². The number of aromatic nitrogens is 2. The summed E-state index contributed by atoms with van der Waals surface area (Å²) >= 11 is 7.81. The van der Waals surface area contributed by atoms with Gasteiger partial charge in [-0.3, -0.25) is 4.79 Å². The summed E-state index contributed by atoms with van der Waals surface area (Å²) in [5.74, 6) is -0.350. The smallest absolute Gasteiger partial charge is 0.234 e. The molecule has 0 radical (unpaired) electrons. The van der Waals surface area contributed by atoms with Gasteiger partial charge in [-0.15, -0.1) is 11.3 Å². The number of hydrogen-bond acceptors (Lipinski definition) is 8. The molecule has 11 heteroatoms. The number of rotatable bonds is 6. The van der Waals surface area contributed by atoms with Gasteiger partial charge in [0.2, 0.25) is 15.7 Å². The van der Waals surface area contributed by atoms with Gasteiger partial charge in [0.05, 0.1) is 16.3 Å². The highest BCUT2D eigenvalue weighted by molar-refractivity contribution is 7.99. The minimum Gasteiger partial charge on any atom is -0.382 e. The molecule has 0 bridgehead atoms. The summed E-state index contributed by atoms with van der Waals surface area (Å²) in [5.41, 5.74) is 8.66. The Hall–Kier alpha value is -2.14. The Morgan fingerprint density at radius 2 is 2.03 bits per heavy atom. The molecule has 0 saturated carbocycles. The molecule has 0 aliphatic carbocycles. The number of aryl methyl sites for hydroxylation is 1. The number of benzene rings is 1. The van der Waals surface area contributed by atoms with Crippen LogP contribution in [0, 0.1) is 13.8 Å². The van der Waals surface area contributed by atoms with E-state index in [-0.39, 0.29) is 31.7 Å². The van der Waals surface area contributed by atoms with Crippen LogP contribution in [0.5, 0.6) is 0 Å². The highest BCUT2D eigenvalue weighted by Gasteiger charge is 2.24. The Balaban J connectivity index is 1.69. The molecule has 2 aromatic heterocycles. The van der Waals surface area contributed by atoms with Crippen molar-refractivity contribution < 1.29 is 13.2 Å². The molecule has 2 heterocycles. The molecule has 3 rings (SSSR count). The standard InChI is InChI=1S/C18H17ClN4O3S3/c1-10-4-3-5-12(11(10)2)22-15(24)9-27-18-21-8-13(17(20)23-18)29(25,26)16-7-6-14(19)28-16/h3-8H,9H2,1-2H3,(H,22,24)(H2,20,21,23). The van der Waals surface area contributed by atoms with Crippen molar-refractivity contribution in [3.8, 4) is 0 Å². The van der Waals surface area contributed by atoms with Crippen LogP contribution in [0.4, 0.5) is 11.5 Å². The van der Waals surface area contributed by atoms with Crippen LogP contribution in [0.15, 0.2) is 50.8 Å². The number of nitrogens with zero attached hydrogens (tertiary/aromatic N) is 2. The number of hydrogen-bond donors (Lipinski definition) is 2. The predicted molar refractivity (Wildman–Crippen MR) is 116 cm³/mol. The first-order chi connectivity index (χ1) is 13.7. The first-order valence-electron chi connectivity index (χ1n) is 8.30. The topological polar surface area (TPSA) is 115 Å². The summed E-state index contributed by atoms with van der Waals surface area (Å²) in [4.78, 5) is 20.1. The van der Waals surface area contributed by atoms with E-state index in [1.54, 1.807) is 0 Å². The molecule has 0 fully saturated rings. The molecule has 0 aliphatic rings. The molecule has 0 spiro atoms. The zero-order valence-corrected chi connectivity index (χ0v) is 18.7. The number of nitrogen functional groups attached to an aromatic ring is 1. The van der Waals surface area contributed by atoms with E-state index in [0.717, 1.165) is 46.1 Å². The maximum absolute atomic E-state index is 12.6. The lowest BCUT2D eigenvalue weighted by molar-refractivity contribution is -0.113. The number of amides is 1. The Labute approximate surface area is 181 Å². The molecule has 152 valence electrons. The lowest BCUT2D eigenvalue weighted by Crippen LogP contribution is -2.15. The molecule has 29 heavy (non-hydrogen) atoms. The predicted octanol–water partition coefficient (Wildman–Crippen LogP) is 3.95. The average molecular weight is 469 g/mol. The lowest BCUT2D eigenvalue weighted by atomic mass is 10.1. The quantitative estimate of drug-likeness (QED) is 0.415. The summed E-state index contributed by atoms with van der Waals surface area (Å²) < 4.78 is 25.7. The molecule has 3 N–H and O–H groups in total. The van der Waals surface area contributed by atoms with Crippen molar-refractivity contribution in [1.29, 1.82) is 0 Å². The van der Waals surface area contributed by atoms with Crippen LogP contribution in [0.25, 0.3) is 0 Å². The first kappa shape index (κ1) is 21.6. The molecular weight excluding hydrogens is 452 g/mol. The average Bonchev–Trinajstić information content (AvgIpc) is 3.11. The van der Waals surface area contributed by atoms with Crippen LogP contribution in [0.1, 0.15) is 11.1 Å². The van der Waals surface area contributed by atoms with Crippen molar-refractivity contribution in [2.75, 3.05) is 16.8 Å². The van der Waals surface area contributed by atoms with Gasteiger partial charge in [0, 0.05) is 5.69 Å². The van der Waals surface area contributed by atoms with Gasteiger partial charge in [-0.1, -0.05) is 35.5 Å². The minimum atomic E-state index is -3.85. The van der Waals surface area contributed by atoms with Gasteiger partial charge in [-0.2, -0.15) is 0 Å². The first-order valence-corrected chi connectivity index (χ1v) is 12.0. The number of carbonyl (C=O) groups is 1. The van der Waals surface area contributed by atoms with Crippen LogP contribution < -0.4 is 11.1 Å². The molecule has 1 amide bonds. The molecule has 3 aromatic rings. The van der Waals surface area contributed by atoms with Crippen molar-refractivity contribution in [3.05, 3.63) is 52.0 Å². The van der Waals surface area contributed by atoms with Gasteiger partial charge in [0.1, 0.15) is 14.9 Å². The molecule has 0 unspecified atom stereocenters. The number of nitrogens with one attached hydrogen (secondary N) is 1. The fourth-order valence-electron chi connectivity index (χ4n) is 2.40. The van der Waals surface area contributed by atoms with Crippen molar-refractivity contribution in [3.63, 3.8) is 0 Å². The highest BCUT2D eigenvalue weighted by atomic mass is 35.5. The molecule has 0 aliphatic heterocycles. The number of halogens is 1. The van der Waals surface area contributed by atoms with Crippen LogP contribution in [-0.2, 0) is 14.6 Å². The van der Waals surface area contributed by atoms with Gasteiger partial charge >= 0.3 is 0 Å². The van der Waals surface area contributed by atoms with Crippen molar-refractivity contribution in [1.82, 2.24) is 9.97 Å². The summed E-state index contributed by atoms with van der Waals surface area (Å²) in [6, 6.07) is 8.57. The highest BCUT2D eigenvalue weighted by Crippen LogP contribution is 2.32. The second-order valence-electron chi connectivity index (χ2n) is 6.05. The Kier molecular flexibility index (Phi) is 6.47. The van der Waals surface area contributed by atoms with Gasteiger partial charge in [-0.05, 0) is 43.2 Å². The number of thiophene rings is 1. The third kappa shape index (κ3) is 4.89. The maximum atomic E-state index is 12.6. The number of thioether (sulfide) groups is 1. The molecular formula is C18H17ClN4O3S3. The molecule has 7 nitrogen and oxygen atoms in total. The van der Waals surface area contributed by atoms with E-state index in [4.69, 9.17) is 17.3 Å². The Bertz CT molecular complexity index is 1180. The fourth-order valence-corrected chi connectivity index (χ4v) is 5.89. The zero-order valence-electron chi connectivity index (χ0n) is 15.5. The molecule has 1 aromatic carbocycles. The van der Waals surface area contributed by atoms with Crippen molar-refractivity contribution >= 4 is 61.9 Å². The normalized spacial score (nSPS) is 11.4. The van der Waals surface area contributed by atoms with E-state index < -0.39 is 9.84 Å². The third-order valence-corrected chi connectivity index (χ3v) is 8.43. The van der Waals surface area contributed by atoms with E-state index in [9.17, 15) is 13.2 Å². The van der Waals surface area contributed by atoms with Gasteiger partial charge < -0.3 is 11.1 Å². The van der Waals surface area contributed by atoms with E-state index in [0.29, 0.717) is 4.34 Å². The number of carbonyl (C=O) groups excluding carboxylic acids is 1. The SMILES string of the molecule is Cc1cccc(NC(=O)CSc2ncc(S(=O)(=O)c3ccc(Cl)s3)c(N)n2)c1C. The van der Waals surface area contributed by atoms with Gasteiger partial charge in [-0.25, -0.2) is 18.4 Å². The maximum Gasteiger partial charge on any atom is 0.234 e. The fraction of sp³-hybridized carbons (Fsp3) is 0.167. The minimum absolute atomic E-state index is 0.0550. The summed E-state index contributed by atoms with van der Waals surface area (Å²) in [6.45, 7) is 3.90. The number of sulfone groups is 1. The van der Waals surface area contributed by atoms with Crippen molar-refractivity contribution in [2.45, 2.75) is 28.1 Å². The van der Waals surface area contributed by atoms with E-state index in [2.05, 4.69) is 15.3 Å². The van der Waals surface area contributed by atoms with Crippen LogP contribution in [0.2, 0.25) is 4.34 Å². The Morgan fingerprint density at radius 3 is 2.69 bits per heavy atom. The third-order valence-electron chi connectivity index (χ3n) is 4.07. The van der Waals surface area contributed by atoms with Gasteiger partial charge in [0.15, 0.2) is 5.16 Å². The second-order valence-corrected chi connectivity index (χ2v) is 10.9. The number of nitrogens with two attached hydrogens (primary N) is 1. The lowest BCUT2D eigenvalue weighted by Gasteiger charge is -2.10.